The van der Waals surface area contributed by atoms with Gasteiger partial charge in [-0.1, -0.05) is 11.6 Å². The van der Waals surface area contributed by atoms with E-state index >= 15 is 0 Å². The van der Waals surface area contributed by atoms with Crippen LogP contribution in [0.15, 0.2) is 12.5 Å². The Morgan fingerprint density at radius 3 is 2.78 bits per heavy atom. The highest BCUT2D eigenvalue weighted by Gasteiger charge is 2.14. The van der Waals surface area contributed by atoms with Gasteiger partial charge in [-0.05, 0) is 20.8 Å². The molecule has 0 atom stereocenters. The van der Waals surface area contributed by atoms with E-state index in [1.165, 1.54) is 0 Å². The topological polar surface area (TPSA) is 91.7 Å². The molecular formula is C15H17ClN6O. The van der Waals surface area contributed by atoms with Crippen molar-refractivity contribution < 1.29 is 4.74 Å². The summed E-state index contributed by atoms with van der Waals surface area (Å²) in [5.74, 6) is 0.988. The molecule has 0 bridgehead atoms. The van der Waals surface area contributed by atoms with Crippen molar-refractivity contribution in [2.75, 3.05) is 12.3 Å². The van der Waals surface area contributed by atoms with Crippen molar-refractivity contribution in [1.82, 2.24) is 24.5 Å². The van der Waals surface area contributed by atoms with Gasteiger partial charge >= 0.3 is 0 Å². The highest BCUT2D eigenvalue weighted by atomic mass is 35.5. The maximum absolute atomic E-state index is 6.05. The van der Waals surface area contributed by atoms with Gasteiger partial charge in [-0.25, -0.2) is 4.98 Å². The SMILES string of the molecule is CCOc1c(C)cnc(Cn2cnc3c(Cl)nc(N)nc32)c1C. The number of hydrogen-bond acceptors (Lipinski definition) is 6. The fourth-order valence-electron chi connectivity index (χ4n) is 2.49. The summed E-state index contributed by atoms with van der Waals surface area (Å²) in [6.07, 6.45) is 3.47. The van der Waals surface area contributed by atoms with Crippen molar-refractivity contribution in [3.63, 3.8) is 0 Å². The van der Waals surface area contributed by atoms with Crippen LogP contribution in [0.4, 0.5) is 5.95 Å². The number of hydrogen-bond donors (Lipinski definition) is 1. The summed E-state index contributed by atoms with van der Waals surface area (Å²) >= 11 is 6.05. The molecule has 3 rings (SSSR count). The predicted octanol–water partition coefficient (Wildman–Crippen LogP) is 2.52. The molecule has 120 valence electrons. The first-order valence-electron chi connectivity index (χ1n) is 7.23. The maximum Gasteiger partial charge on any atom is 0.223 e. The quantitative estimate of drug-likeness (QED) is 0.738. The van der Waals surface area contributed by atoms with Crippen LogP contribution in [-0.2, 0) is 6.54 Å². The molecule has 0 fully saturated rings. The second-order valence-corrected chi connectivity index (χ2v) is 5.55. The third kappa shape index (κ3) is 2.79. The van der Waals surface area contributed by atoms with Crippen molar-refractivity contribution in [2.24, 2.45) is 0 Å². The fraction of sp³-hybridized carbons (Fsp3) is 0.333. The van der Waals surface area contributed by atoms with Crippen molar-refractivity contribution >= 4 is 28.7 Å². The Morgan fingerprint density at radius 1 is 1.26 bits per heavy atom. The third-order valence-electron chi connectivity index (χ3n) is 3.59. The molecule has 0 saturated heterocycles. The van der Waals surface area contributed by atoms with Gasteiger partial charge in [0.1, 0.15) is 11.3 Å². The standard InChI is InChI=1S/C15H17ClN6O/c1-4-23-12-8(2)5-18-10(9(12)3)6-22-7-19-11-13(16)20-15(17)21-14(11)22/h5,7H,4,6H2,1-3H3,(H2,17,20,21). The molecule has 0 aromatic carbocycles. The number of ether oxygens (including phenoxy) is 1. The van der Waals surface area contributed by atoms with Gasteiger partial charge < -0.3 is 15.0 Å². The molecule has 7 nitrogen and oxygen atoms in total. The van der Waals surface area contributed by atoms with E-state index in [2.05, 4.69) is 19.9 Å². The lowest BCUT2D eigenvalue weighted by Crippen LogP contribution is -2.07. The molecule has 0 saturated carbocycles. The summed E-state index contributed by atoms with van der Waals surface area (Å²) in [5, 5.41) is 0.245. The first-order chi connectivity index (χ1) is 11.0. The highest BCUT2D eigenvalue weighted by Crippen LogP contribution is 2.26. The van der Waals surface area contributed by atoms with Crippen molar-refractivity contribution in [2.45, 2.75) is 27.3 Å². The van der Waals surface area contributed by atoms with E-state index in [4.69, 9.17) is 22.1 Å². The summed E-state index contributed by atoms with van der Waals surface area (Å²) in [6.45, 7) is 7.04. The first-order valence-corrected chi connectivity index (χ1v) is 7.60. The minimum absolute atomic E-state index is 0.118. The number of anilines is 1. The van der Waals surface area contributed by atoms with Crippen molar-refractivity contribution in [1.29, 1.82) is 0 Å². The number of aryl methyl sites for hydroxylation is 1. The smallest absolute Gasteiger partial charge is 0.223 e. The molecule has 0 aliphatic rings. The minimum atomic E-state index is 0.118. The number of nitrogens with zero attached hydrogens (tertiary/aromatic N) is 5. The van der Waals surface area contributed by atoms with Crippen LogP contribution in [-0.4, -0.2) is 31.1 Å². The molecule has 2 N–H and O–H groups in total. The van der Waals surface area contributed by atoms with Crippen LogP contribution >= 0.6 is 11.6 Å². The second-order valence-electron chi connectivity index (χ2n) is 5.19. The average Bonchev–Trinajstić information content (AvgIpc) is 2.90. The Hall–Kier alpha value is -2.41. The summed E-state index contributed by atoms with van der Waals surface area (Å²) in [5.41, 5.74) is 9.68. The Bertz CT molecular complexity index is 876. The number of rotatable bonds is 4. The Morgan fingerprint density at radius 2 is 2.04 bits per heavy atom. The molecule has 3 heterocycles. The zero-order chi connectivity index (χ0) is 16.6. The van der Waals surface area contributed by atoms with Crippen LogP contribution in [0.3, 0.4) is 0 Å². The lowest BCUT2D eigenvalue weighted by molar-refractivity contribution is 0.334. The number of imidazole rings is 1. The lowest BCUT2D eigenvalue weighted by atomic mass is 10.1. The number of pyridine rings is 1. The number of halogens is 1. The number of aromatic nitrogens is 5. The Kier molecular flexibility index (Phi) is 4.04. The van der Waals surface area contributed by atoms with Crippen LogP contribution in [0.1, 0.15) is 23.7 Å². The molecule has 8 heteroatoms. The summed E-state index contributed by atoms with van der Waals surface area (Å²) in [6, 6.07) is 0. The van der Waals surface area contributed by atoms with E-state index in [-0.39, 0.29) is 11.1 Å². The molecule has 3 aromatic heterocycles. The van der Waals surface area contributed by atoms with E-state index < -0.39 is 0 Å². The number of nitrogen functional groups attached to an aromatic ring is 1. The molecule has 0 spiro atoms. The zero-order valence-corrected chi connectivity index (χ0v) is 13.9. The van der Waals surface area contributed by atoms with Crippen molar-refractivity contribution in [3.8, 4) is 5.75 Å². The van der Waals surface area contributed by atoms with Gasteiger partial charge in [0.25, 0.3) is 0 Å². The third-order valence-corrected chi connectivity index (χ3v) is 3.86. The van der Waals surface area contributed by atoms with E-state index in [0.29, 0.717) is 24.3 Å². The zero-order valence-electron chi connectivity index (χ0n) is 13.2. The van der Waals surface area contributed by atoms with E-state index in [9.17, 15) is 0 Å². The van der Waals surface area contributed by atoms with Gasteiger partial charge in [0, 0.05) is 17.3 Å². The van der Waals surface area contributed by atoms with Gasteiger partial charge in [-0.15, -0.1) is 0 Å². The van der Waals surface area contributed by atoms with Crippen LogP contribution in [0.5, 0.6) is 5.75 Å². The van der Waals surface area contributed by atoms with Gasteiger partial charge in [0.2, 0.25) is 5.95 Å². The largest absolute Gasteiger partial charge is 0.493 e. The van der Waals surface area contributed by atoms with Gasteiger partial charge in [0.05, 0.1) is 25.2 Å². The second kappa shape index (κ2) is 6.00. The van der Waals surface area contributed by atoms with Crippen molar-refractivity contribution in [3.05, 3.63) is 34.5 Å². The highest BCUT2D eigenvalue weighted by molar-refractivity contribution is 6.33. The number of nitrogens with two attached hydrogens (primary N) is 1. The number of fused-ring (bicyclic) bond motifs is 1. The minimum Gasteiger partial charge on any atom is -0.493 e. The Balaban J connectivity index is 2.05. The normalized spacial score (nSPS) is 11.1. The molecule has 23 heavy (non-hydrogen) atoms. The van der Waals surface area contributed by atoms with Crippen LogP contribution in [0, 0.1) is 13.8 Å². The van der Waals surface area contributed by atoms with Gasteiger partial charge in [-0.3, -0.25) is 4.98 Å². The maximum atomic E-state index is 6.05. The molecule has 3 aromatic rings. The molecule has 0 aliphatic heterocycles. The summed E-state index contributed by atoms with van der Waals surface area (Å²) < 4.78 is 7.57. The molecule has 0 unspecified atom stereocenters. The fourth-order valence-corrected chi connectivity index (χ4v) is 2.71. The van der Waals surface area contributed by atoms with Crippen LogP contribution < -0.4 is 10.5 Å². The van der Waals surface area contributed by atoms with Gasteiger partial charge in [0.15, 0.2) is 10.8 Å². The molecule has 0 aliphatic carbocycles. The first kappa shape index (κ1) is 15.5. The molecule has 0 amide bonds. The van der Waals surface area contributed by atoms with Gasteiger partial charge in [-0.2, -0.15) is 9.97 Å². The average molecular weight is 333 g/mol. The molecular weight excluding hydrogens is 316 g/mol. The van der Waals surface area contributed by atoms with E-state index in [1.807, 2.05) is 31.5 Å². The summed E-state index contributed by atoms with van der Waals surface area (Å²) in [4.78, 5) is 16.9. The monoisotopic (exact) mass is 332 g/mol. The summed E-state index contributed by atoms with van der Waals surface area (Å²) in [7, 11) is 0. The van der Waals surface area contributed by atoms with Crippen LogP contribution in [0.2, 0.25) is 5.15 Å². The van der Waals surface area contributed by atoms with Crippen LogP contribution in [0.25, 0.3) is 11.2 Å². The van der Waals surface area contributed by atoms with E-state index in [0.717, 1.165) is 22.6 Å². The lowest BCUT2D eigenvalue weighted by Gasteiger charge is -2.14. The molecule has 0 radical (unpaired) electrons. The Labute approximate surface area is 138 Å². The predicted molar refractivity (Wildman–Crippen MR) is 88.7 cm³/mol. The van der Waals surface area contributed by atoms with E-state index in [1.54, 1.807) is 6.33 Å².